The number of carbonyl (C=O) groups is 2. The highest BCUT2D eigenvalue weighted by Gasteiger charge is 2.41. The van der Waals surface area contributed by atoms with Gasteiger partial charge in [-0.05, 0) is 41.2 Å². The van der Waals surface area contributed by atoms with Crippen LogP contribution in [0.15, 0.2) is 35.8 Å². The number of amides is 2. The van der Waals surface area contributed by atoms with Crippen LogP contribution < -0.4 is 5.32 Å². The Morgan fingerprint density at radius 3 is 2.44 bits per heavy atom. The lowest BCUT2D eigenvalue weighted by Crippen LogP contribution is -2.48. The van der Waals surface area contributed by atoms with Crippen molar-refractivity contribution in [1.82, 2.24) is 10.2 Å². The molecule has 0 aliphatic heterocycles. The van der Waals surface area contributed by atoms with Crippen molar-refractivity contribution >= 4 is 24.2 Å². The Morgan fingerprint density at radius 2 is 1.88 bits per heavy atom. The lowest BCUT2D eigenvalue weighted by atomic mass is 9.62. The molecule has 0 aromatic heterocycles. The van der Waals surface area contributed by atoms with E-state index in [1.54, 1.807) is 17.1 Å². The van der Waals surface area contributed by atoms with E-state index >= 15 is 0 Å². The summed E-state index contributed by atoms with van der Waals surface area (Å²) in [6, 6.07) is 7.74. The molecule has 1 fully saturated rings. The number of nitrogens with zero attached hydrogens (tertiary/aromatic N) is 2. The third kappa shape index (κ3) is 9.92. The predicted molar refractivity (Wildman–Crippen MR) is 138 cm³/mol. The topological polar surface area (TPSA) is 88.1 Å². The van der Waals surface area contributed by atoms with Gasteiger partial charge in [-0.25, -0.2) is 14.6 Å². The molecule has 2 atom stereocenters. The third-order valence-electron chi connectivity index (χ3n) is 5.92. The molecule has 2 unspecified atom stereocenters. The minimum absolute atomic E-state index is 0. The molecule has 7 nitrogen and oxygen atoms in total. The number of hydrogen-bond donors (Lipinski definition) is 1. The fraction of sp³-hybridized carbons (Fsp3) is 0.593. The second-order valence-corrected chi connectivity index (χ2v) is 9.83. The number of aliphatic imine (C=N–C) groups is 1. The number of carbonyl (C=O) groups excluding carboxylic acids is 3. The SMILES string of the molecule is C.C.C=Cc1ccc(CN(CCOC(=O)NC2CC(C)(C)CC(C)(CN=C=O)C2)C(C)=O)cc1. The Bertz CT molecular complexity index is 859. The Hall–Kier alpha value is -2.92. The number of rotatable bonds is 9. The molecule has 0 saturated heterocycles. The second-order valence-electron chi connectivity index (χ2n) is 9.83. The van der Waals surface area contributed by atoms with Crippen molar-refractivity contribution in [2.24, 2.45) is 15.8 Å². The van der Waals surface area contributed by atoms with Crippen LogP contribution in [0, 0.1) is 10.8 Å². The average molecular weight is 474 g/mol. The Labute approximate surface area is 205 Å². The number of hydrogen-bond acceptors (Lipinski definition) is 5. The van der Waals surface area contributed by atoms with Gasteiger partial charge in [0.05, 0.1) is 13.1 Å². The highest BCUT2D eigenvalue weighted by Crippen LogP contribution is 2.46. The monoisotopic (exact) mass is 473 g/mol. The summed E-state index contributed by atoms with van der Waals surface area (Å²) in [4.78, 5) is 40.4. The first-order chi connectivity index (χ1) is 15.1. The highest BCUT2D eigenvalue weighted by atomic mass is 16.5. The molecule has 0 radical (unpaired) electrons. The number of isocyanates is 1. The summed E-state index contributed by atoms with van der Waals surface area (Å²) in [5, 5.41) is 2.96. The fourth-order valence-corrected chi connectivity index (χ4v) is 4.86. The van der Waals surface area contributed by atoms with Crippen LogP contribution in [0.25, 0.3) is 6.08 Å². The first-order valence-corrected chi connectivity index (χ1v) is 11.0. The van der Waals surface area contributed by atoms with Crippen molar-refractivity contribution in [3.8, 4) is 0 Å². The average Bonchev–Trinajstić information content (AvgIpc) is 2.70. The van der Waals surface area contributed by atoms with Gasteiger partial charge in [0.2, 0.25) is 12.0 Å². The van der Waals surface area contributed by atoms with Gasteiger partial charge in [-0.3, -0.25) is 4.79 Å². The van der Waals surface area contributed by atoms with Gasteiger partial charge in [0, 0.05) is 19.5 Å². The minimum atomic E-state index is -0.493. The van der Waals surface area contributed by atoms with E-state index in [0.717, 1.165) is 30.4 Å². The van der Waals surface area contributed by atoms with E-state index in [2.05, 4.69) is 37.7 Å². The number of nitrogens with one attached hydrogen (secondary N) is 1. The normalized spacial score (nSPS) is 20.4. The molecule has 0 spiro atoms. The fourth-order valence-electron chi connectivity index (χ4n) is 4.86. The van der Waals surface area contributed by atoms with Crippen LogP contribution in [0.2, 0.25) is 0 Å². The molecule has 1 N–H and O–H groups in total. The van der Waals surface area contributed by atoms with Crippen molar-refractivity contribution in [2.45, 2.75) is 74.4 Å². The molecule has 2 rings (SSSR count). The maximum absolute atomic E-state index is 12.4. The van der Waals surface area contributed by atoms with Crippen LogP contribution in [-0.4, -0.2) is 48.7 Å². The Morgan fingerprint density at radius 1 is 1.24 bits per heavy atom. The Kier molecular flexibility index (Phi) is 12.5. The van der Waals surface area contributed by atoms with E-state index in [4.69, 9.17) is 4.74 Å². The number of benzene rings is 1. The first kappa shape index (κ1) is 31.1. The van der Waals surface area contributed by atoms with Gasteiger partial charge in [-0.15, -0.1) is 0 Å². The Balaban J connectivity index is 0.00000544. The van der Waals surface area contributed by atoms with Gasteiger partial charge in [0.1, 0.15) is 6.61 Å². The van der Waals surface area contributed by atoms with E-state index in [1.807, 2.05) is 24.3 Å². The molecule has 1 aliphatic carbocycles. The molecule has 190 valence electrons. The van der Waals surface area contributed by atoms with Gasteiger partial charge in [0.25, 0.3) is 0 Å². The first-order valence-electron chi connectivity index (χ1n) is 11.0. The minimum Gasteiger partial charge on any atom is -0.448 e. The zero-order valence-corrected chi connectivity index (χ0v) is 19.6. The van der Waals surface area contributed by atoms with Crippen molar-refractivity contribution < 1.29 is 19.1 Å². The summed E-state index contributed by atoms with van der Waals surface area (Å²) in [7, 11) is 0. The number of alkyl carbamates (subject to hydrolysis) is 1. The zero-order valence-electron chi connectivity index (χ0n) is 19.6. The van der Waals surface area contributed by atoms with Crippen LogP contribution in [0.3, 0.4) is 0 Å². The maximum atomic E-state index is 12.4. The van der Waals surface area contributed by atoms with Crippen LogP contribution in [0.1, 0.15) is 72.9 Å². The maximum Gasteiger partial charge on any atom is 0.407 e. The van der Waals surface area contributed by atoms with Gasteiger partial charge in [-0.2, -0.15) is 0 Å². The van der Waals surface area contributed by atoms with E-state index in [9.17, 15) is 14.4 Å². The van der Waals surface area contributed by atoms with E-state index < -0.39 is 6.09 Å². The predicted octanol–water partition coefficient (Wildman–Crippen LogP) is 5.60. The summed E-state index contributed by atoms with van der Waals surface area (Å²) < 4.78 is 5.37. The van der Waals surface area contributed by atoms with Gasteiger partial charge >= 0.3 is 6.09 Å². The molecule has 1 aromatic carbocycles. The summed E-state index contributed by atoms with van der Waals surface area (Å²) in [6.45, 7) is 12.9. The van der Waals surface area contributed by atoms with Crippen molar-refractivity contribution in [3.63, 3.8) is 0 Å². The summed E-state index contributed by atoms with van der Waals surface area (Å²) in [6.07, 6.45) is 5.35. The molecule has 1 aromatic rings. The molecular formula is C27H43N3O4. The lowest BCUT2D eigenvalue weighted by Gasteiger charge is -2.45. The molecule has 0 heterocycles. The molecular weight excluding hydrogens is 430 g/mol. The molecule has 1 aliphatic rings. The summed E-state index contributed by atoms with van der Waals surface area (Å²) in [5.74, 6) is -0.0812. The summed E-state index contributed by atoms with van der Waals surface area (Å²) in [5.41, 5.74) is 1.85. The number of ether oxygens (including phenoxy) is 1. The quantitative estimate of drug-likeness (QED) is 0.374. The van der Waals surface area contributed by atoms with Gasteiger partial charge in [-0.1, -0.05) is 72.5 Å². The van der Waals surface area contributed by atoms with Crippen LogP contribution >= 0.6 is 0 Å². The lowest BCUT2D eigenvalue weighted by molar-refractivity contribution is -0.130. The van der Waals surface area contributed by atoms with E-state index in [1.165, 1.54) is 6.92 Å². The van der Waals surface area contributed by atoms with Crippen LogP contribution in [0.4, 0.5) is 4.79 Å². The largest absolute Gasteiger partial charge is 0.448 e. The third-order valence-corrected chi connectivity index (χ3v) is 5.92. The van der Waals surface area contributed by atoms with Crippen molar-refractivity contribution in [2.75, 3.05) is 19.7 Å². The van der Waals surface area contributed by atoms with E-state index in [-0.39, 0.29) is 44.2 Å². The van der Waals surface area contributed by atoms with Crippen LogP contribution in [0.5, 0.6) is 0 Å². The smallest absolute Gasteiger partial charge is 0.407 e. The van der Waals surface area contributed by atoms with Crippen molar-refractivity contribution in [1.29, 1.82) is 0 Å². The van der Waals surface area contributed by atoms with Gasteiger partial charge in [0.15, 0.2) is 0 Å². The molecule has 0 bridgehead atoms. The van der Waals surface area contributed by atoms with Crippen molar-refractivity contribution in [3.05, 3.63) is 42.0 Å². The molecule has 1 saturated carbocycles. The molecule has 7 heteroatoms. The van der Waals surface area contributed by atoms with E-state index in [0.29, 0.717) is 19.6 Å². The summed E-state index contributed by atoms with van der Waals surface area (Å²) >= 11 is 0. The van der Waals surface area contributed by atoms with Gasteiger partial charge < -0.3 is 15.0 Å². The molecule has 2 amide bonds. The second kappa shape index (κ2) is 13.7. The van der Waals surface area contributed by atoms with Crippen LogP contribution in [-0.2, 0) is 20.9 Å². The zero-order chi connectivity index (χ0) is 23.8. The molecule has 34 heavy (non-hydrogen) atoms. The standard InChI is InChI=1S/C25H35N3O4.2CH4/c1-6-20-7-9-21(10-8-20)15-28(19(2)30)11-12-32-23(31)27-22-13-24(3,4)16-25(5,14-22)17-26-18-29;;/h6-10,22H,1,11-17H2,2-5H3,(H,27,31);2*1H4. The highest BCUT2D eigenvalue weighted by molar-refractivity contribution is 5.73.